The van der Waals surface area contributed by atoms with Gasteiger partial charge in [-0.05, 0) is 37.4 Å². The van der Waals surface area contributed by atoms with E-state index >= 15 is 0 Å². The van der Waals surface area contributed by atoms with Gasteiger partial charge in [0.05, 0.1) is 10.3 Å². The van der Waals surface area contributed by atoms with Gasteiger partial charge in [0.2, 0.25) is 0 Å². The van der Waals surface area contributed by atoms with Crippen molar-refractivity contribution in [1.29, 1.82) is 0 Å². The fraction of sp³-hybridized carbons (Fsp3) is 0.300. The van der Waals surface area contributed by atoms with Crippen LogP contribution in [0.5, 0.6) is 0 Å². The number of halogens is 4. The van der Waals surface area contributed by atoms with Crippen molar-refractivity contribution in [1.82, 2.24) is 9.88 Å². The molecule has 1 heterocycles. The molecule has 0 spiro atoms. The largest absolute Gasteiger partial charge is 0.302 e. The van der Waals surface area contributed by atoms with E-state index in [1.54, 1.807) is 12.1 Å². The number of hydrogen-bond acceptors (Lipinski definition) is 4. The van der Waals surface area contributed by atoms with Crippen molar-refractivity contribution in [2.75, 3.05) is 31.1 Å². The normalized spacial score (nSPS) is 11.0. The number of fused-ring (bicyclic) bond motifs is 1. The molecule has 1 aromatic heterocycles. The number of nitrogens with zero attached hydrogens (tertiary/aromatic N) is 3. The highest BCUT2D eigenvalue weighted by molar-refractivity contribution is 7.22. The number of hydrogen-bond donors (Lipinski definition) is 0. The predicted molar refractivity (Wildman–Crippen MR) is 113 cm³/mol. The van der Waals surface area contributed by atoms with Crippen LogP contribution in [0.3, 0.4) is 0 Å². The quantitative estimate of drug-likeness (QED) is 0.508. The van der Waals surface area contributed by atoms with Crippen molar-refractivity contribution in [2.24, 2.45) is 0 Å². The van der Waals surface area contributed by atoms with E-state index in [0.717, 1.165) is 36.6 Å². The number of rotatable bonds is 7. The highest BCUT2D eigenvalue weighted by Gasteiger charge is 2.25. The van der Waals surface area contributed by atoms with Gasteiger partial charge in [0.15, 0.2) is 5.13 Å². The van der Waals surface area contributed by atoms with Crippen molar-refractivity contribution in [2.45, 2.75) is 13.8 Å². The van der Waals surface area contributed by atoms with E-state index in [1.807, 2.05) is 13.8 Å². The van der Waals surface area contributed by atoms with Gasteiger partial charge in [-0.25, -0.2) is 18.2 Å². The van der Waals surface area contributed by atoms with Crippen molar-refractivity contribution in [3.63, 3.8) is 0 Å². The van der Waals surface area contributed by atoms with Crippen LogP contribution in [0, 0.1) is 17.5 Å². The van der Waals surface area contributed by atoms with Crippen molar-refractivity contribution in [3.05, 3.63) is 59.4 Å². The van der Waals surface area contributed by atoms with Gasteiger partial charge < -0.3 is 4.90 Å². The van der Waals surface area contributed by atoms with Crippen LogP contribution in [0.15, 0.2) is 36.4 Å². The summed E-state index contributed by atoms with van der Waals surface area (Å²) >= 11 is 1.16. The van der Waals surface area contributed by atoms with Crippen molar-refractivity contribution < 1.29 is 18.0 Å². The zero-order valence-corrected chi connectivity index (χ0v) is 17.6. The smallest absolute Gasteiger partial charge is 0.263 e. The number of likely N-dealkylation sites (N-methyl/N-ethyl adjacent to an activating group) is 1. The van der Waals surface area contributed by atoms with Crippen LogP contribution in [-0.4, -0.2) is 42.0 Å². The first kappa shape index (κ1) is 23.1. The van der Waals surface area contributed by atoms with E-state index in [0.29, 0.717) is 17.3 Å². The topological polar surface area (TPSA) is 36.4 Å². The molecule has 0 bridgehead atoms. The van der Waals surface area contributed by atoms with Crippen LogP contribution >= 0.6 is 23.7 Å². The van der Waals surface area contributed by atoms with E-state index in [2.05, 4.69) is 9.88 Å². The number of para-hydroxylation sites is 1. The molecular weight excluding hydrogens is 423 g/mol. The predicted octanol–water partition coefficient (Wildman–Crippen LogP) is 5.12. The molecule has 156 valence electrons. The lowest BCUT2D eigenvalue weighted by Gasteiger charge is -2.24. The van der Waals surface area contributed by atoms with Gasteiger partial charge in [0.25, 0.3) is 5.91 Å². The molecule has 3 rings (SSSR count). The van der Waals surface area contributed by atoms with Crippen LogP contribution in [0.1, 0.15) is 24.2 Å². The first-order valence-electron chi connectivity index (χ1n) is 8.98. The first-order chi connectivity index (χ1) is 13.4. The fourth-order valence-electron chi connectivity index (χ4n) is 2.89. The fourth-order valence-corrected chi connectivity index (χ4v) is 3.90. The zero-order valence-electron chi connectivity index (χ0n) is 16.0. The second-order valence-electron chi connectivity index (χ2n) is 6.19. The molecule has 0 atom stereocenters. The number of benzene rings is 2. The highest BCUT2D eigenvalue weighted by Crippen LogP contribution is 2.31. The molecule has 0 unspecified atom stereocenters. The van der Waals surface area contributed by atoms with E-state index in [1.165, 1.54) is 11.0 Å². The molecule has 3 aromatic rings. The molecule has 0 radical (unpaired) electrons. The highest BCUT2D eigenvalue weighted by atomic mass is 35.5. The van der Waals surface area contributed by atoms with Gasteiger partial charge in [0, 0.05) is 19.2 Å². The molecule has 0 aliphatic rings. The molecule has 2 aromatic carbocycles. The van der Waals surface area contributed by atoms with E-state index in [9.17, 15) is 18.0 Å². The van der Waals surface area contributed by atoms with Crippen LogP contribution in [0.25, 0.3) is 10.2 Å². The summed E-state index contributed by atoms with van der Waals surface area (Å²) in [5, 5.41) is 0.279. The number of amides is 1. The molecule has 4 nitrogen and oxygen atoms in total. The summed E-state index contributed by atoms with van der Waals surface area (Å²) in [6, 6.07) is 7.41. The molecule has 0 N–H and O–H groups in total. The Kier molecular flexibility index (Phi) is 8.01. The molecular formula is C20H21ClF3N3OS. The molecule has 29 heavy (non-hydrogen) atoms. The van der Waals surface area contributed by atoms with E-state index in [-0.39, 0.29) is 35.2 Å². The van der Waals surface area contributed by atoms with E-state index < -0.39 is 23.4 Å². The lowest BCUT2D eigenvalue weighted by Crippen LogP contribution is -2.39. The number of carbonyl (C=O) groups excluding carboxylic acids is 1. The summed E-state index contributed by atoms with van der Waals surface area (Å²) in [6.45, 7) is 6.37. The average Bonchev–Trinajstić information content (AvgIpc) is 3.10. The van der Waals surface area contributed by atoms with E-state index in [4.69, 9.17) is 0 Å². The maximum absolute atomic E-state index is 14.2. The molecule has 0 fully saturated rings. The third kappa shape index (κ3) is 5.07. The van der Waals surface area contributed by atoms with Crippen LogP contribution in [0.2, 0.25) is 0 Å². The summed E-state index contributed by atoms with van der Waals surface area (Å²) < 4.78 is 42.1. The molecule has 0 saturated heterocycles. The zero-order chi connectivity index (χ0) is 20.3. The monoisotopic (exact) mass is 443 g/mol. The number of aromatic nitrogens is 1. The van der Waals surface area contributed by atoms with Gasteiger partial charge >= 0.3 is 0 Å². The Morgan fingerprint density at radius 3 is 2.38 bits per heavy atom. The average molecular weight is 444 g/mol. The number of thiazole rings is 1. The molecule has 0 aliphatic heterocycles. The van der Waals surface area contributed by atoms with Gasteiger partial charge in [-0.1, -0.05) is 31.3 Å². The maximum atomic E-state index is 14.2. The Labute approximate surface area is 177 Å². The maximum Gasteiger partial charge on any atom is 0.263 e. The standard InChI is InChI=1S/C20H20F3N3OS.ClH/c1-3-25(4-2)10-11-26(19(27)14-9-8-13(21)12-16(14)23)20-24-18-15(22)6-5-7-17(18)28-20;/h5-9,12H,3-4,10-11H2,1-2H3;1H. The summed E-state index contributed by atoms with van der Waals surface area (Å²) in [6.07, 6.45) is 0. The van der Waals surface area contributed by atoms with Crippen LogP contribution in [-0.2, 0) is 0 Å². The minimum atomic E-state index is -0.940. The van der Waals surface area contributed by atoms with Gasteiger partial charge in [0.1, 0.15) is 23.0 Å². The summed E-state index contributed by atoms with van der Waals surface area (Å²) in [4.78, 5) is 20.8. The second-order valence-corrected chi connectivity index (χ2v) is 7.20. The first-order valence-corrected chi connectivity index (χ1v) is 9.80. The second kappa shape index (κ2) is 10.0. The summed E-state index contributed by atoms with van der Waals surface area (Å²) in [5.41, 5.74) is -0.0802. The SMILES string of the molecule is CCN(CC)CCN(C(=O)c1ccc(F)cc1F)c1nc2c(F)cccc2s1.Cl. The minimum Gasteiger partial charge on any atom is -0.302 e. The van der Waals surface area contributed by atoms with Crippen molar-refractivity contribution >= 4 is 45.0 Å². The minimum absolute atomic E-state index is 0. The molecule has 1 amide bonds. The molecule has 9 heteroatoms. The third-order valence-electron chi connectivity index (χ3n) is 4.53. The Morgan fingerprint density at radius 2 is 1.76 bits per heavy atom. The molecule has 0 aliphatic carbocycles. The van der Waals surface area contributed by atoms with Gasteiger partial charge in [-0.3, -0.25) is 9.69 Å². The lowest BCUT2D eigenvalue weighted by atomic mass is 10.2. The Morgan fingerprint density at radius 1 is 1.03 bits per heavy atom. The Bertz CT molecular complexity index is 994. The Hall–Kier alpha value is -2.16. The van der Waals surface area contributed by atoms with Crippen LogP contribution in [0.4, 0.5) is 18.3 Å². The number of carbonyl (C=O) groups is 1. The Balaban J connectivity index is 0.00000300. The summed E-state index contributed by atoms with van der Waals surface area (Å²) in [7, 11) is 0. The van der Waals surface area contributed by atoms with Gasteiger partial charge in [-0.2, -0.15) is 0 Å². The summed E-state index contributed by atoms with van der Waals surface area (Å²) in [5.74, 6) is -2.82. The molecule has 0 saturated carbocycles. The lowest BCUT2D eigenvalue weighted by molar-refractivity contribution is 0.0980. The van der Waals surface area contributed by atoms with Crippen molar-refractivity contribution in [3.8, 4) is 0 Å². The third-order valence-corrected chi connectivity index (χ3v) is 5.57. The number of anilines is 1. The van der Waals surface area contributed by atoms with Crippen LogP contribution < -0.4 is 4.90 Å². The van der Waals surface area contributed by atoms with Gasteiger partial charge in [-0.15, -0.1) is 12.4 Å².